The van der Waals surface area contributed by atoms with Crippen LogP contribution in [0, 0.1) is 5.92 Å². The van der Waals surface area contributed by atoms with E-state index in [2.05, 4.69) is 9.98 Å². The van der Waals surface area contributed by atoms with E-state index in [1.165, 1.54) is 26.5 Å². The fourth-order valence-electron chi connectivity index (χ4n) is 4.03. The van der Waals surface area contributed by atoms with Crippen molar-refractivity contribution in [3.8, 4) is 17.2 Å². The molecule has 0 fully saturated rings. The van der Waals surface area contributed by atoms with E-state index in [4.69, 9.17) is 25.8 Å². The molecule has 8 nitrogen and oxygen atoms in total. The van der Waals surface area contributed by atoms with Crippen molar-refractivity contribution in [1.29, 1.82) is 0 Å². The number of fused-ring (bicyclic) bond motifs is 1. The Bertz CT molecular complexity index is 1160. The average molecular weight is 457 g/mol. The smallest absolute Gasteiger partial charge is 0.231 e. The van der Waals surface area contributed by atoms with Gasteiger partial charge in [-0.05, 0) is 12.1 Å². The monoisotopic (exact) mass is 456 g/mol. The van der Waals surface area contributed by atoms with Gasteiger partial charge in [0.15, 0.2) is 17.3 Å². The van der Waals surface area contributed by atoms with Crippen molar-refractivity contribution in [2.75, 3.05) is 14.2 Å². The zero-order valence-corrected chi connectivity index (χ0v) is 18.5. The van der Waals surface area contributed by atoms with Gasteiger partial charge >= 0.3 is 0 Å². The molecule has 1 aliphatic carbocycles. The number of halogens is 1. The summed E-state index contributed by atoms with van der Waals surface area (Å²) in [5, 5.41) is 11.3. The number of Topliss-reactive ketones (excluding diaryl/α,β-unsaturated/α-hetero) is 2. The van der Waals surface area contributed by atoms with Crippen molar-refractivity contribution >= 4 is 29.4 Å². The van der Waals surface area contributed by atoms with Gasteiger partial charge in [-0.1, -0.05) is 24.6 Å². The fraction of sp³-hybridized carbons (Fsp3) is 0.304. The summed E-state index contributed by atoms with van der Waals surface area (Å²) in [6, 6.07) is 6.88. The number of pyridine rings is 1. The number of aliphatic hydroxyl groups excluding tert-OH is 1. The lowest BCUT2D eigenvalue weighted by molar-refractivity contribution is -0.118. The molecule has 2 atom stereocenters. The molecule has 0 unspecified atom stereocenters. The summed E-state index contributed by atoms with van der Waals surface area (Å²) < 4.78 is 16.7. The molecule has 0 amide bonds. The summed E-state index contributed by atoms with van der Waals surface area (Å²) in [5.74, 6) is -1.53. The number of ether oxygens (including phenoxy) is 3. The van der Waals surface area contributed by atoms with Gasteiger partial charge in [0.25, 0.3) is 0 Å². The summed E-state index contributed by atoms with van der Waals surface area (Å²) in [4.78, 5) is 34.7. The third-order valence-corrected chi connectivity index (χ3v) is 6.07. The minimum atomic E-state index is -1.81. The molecule has 0 bridgehead atoms. The highest BCUT2D eigenvalue weighted by molar-refractivity contribution is 6.35. The van der Waals surface area contributed by atoms with Crippen LogP contribution >= 0.6 is 11.6 Å². The molecule has 2 aliphatic rings. The predicted molar refractivity (Wildman–Crippen MR) is 117 cm³/mol. The molecule has 2 heterocycles. The Morgan fingerprint density at radius 3 is 2.72 bits per heavy atom. The van der Waals surface area contributed by atoms with Crippen LogP contribution in [0.3, 0.4) is 0 Å². The minimum absolute atomic E-state index is 0.0220. The van der Waals surface area contributed by atoms with Gasteiger partial charge in [-0.15, -0.1) is 0 Å². The molecule has 1 spiro atoms. The fourth-order valence-corrected chi connectivity index (χ4v) is 4.30. The number of aliphatic imine (C=N–C) groups is 1. The zero-order chi connectivity index (χ0) is 23.0. The largest absolute Gasteiger partial charge is 0.507 e. The first-order chi connectivity index (χ1) is 15.3. The topological polar surface area (TPSA) is 107 Å². The number of methoxy groups -OCH3 is 2. The Hall–Kier alpha value is -3.39. The van der Waals surface area contributed by atoms with Crippen molar-refractivity contribution in [1.82, 2.24) is 4.98 Å². The van der Waals surface area contributed by atoms with Gasteiger partial charge in [0.1, 0.15) is 22.1 Å². The van der Waals surface area contributed by atoms with E-state index in [0.717, 1.165) is 0 Å². The molecule has 32 heavy (non-hydrogen) atoms. The summed E-state index contributed by atoms with van der Waals surface area (Å²) in [7, 11) is 2.83. The van der Waals surface area contributed by atoms with Gasteiger partial charge in [-0.25, -0.2) is 0 Å². The standard InChI is InChI=1S/C23H21ClN2O6/c1-12-8-15(27)14(11-25-10-13-6-4-5-7-26-13)21(28)23(12)22(29)18-16(30-2)9-17(31-3)19(24)20(18)32-23/h4-7,9,11-12,28H,8,10H2,1-3H3/t12-,23+/m1/s1. The molecule has 0 saturated heterocycles. The number of hydrogen-bond donors (Lipinski definition) is 1. The highest BCUT2D eigenvalue weighted by atomic mass is 35.5. The van der Waals surface area contributed by atoms with Crippen molar-refractivity contribution in [3.05, 3.63) is 58.1 Å². The van der Waals surface area contributed by atoms with Gasteiger partial charge in [0.05, 0.1) is 32.0 Å². The summed E-state index contributed by atoms with van der Waals surface area (Å²) in [6.07, 6.45) is 2.88. The lowest BCUT2D eigenvalue weighted by Gasteiger charge is -2.36. The lowest BCUT2D eigenvalue weighted by Crippen LogP contribution is -2.52. The number of carbonyl (C=O) groups excluding carboxylic acids is 2. The molecule has 1 N–H and O–H groups in total. The number of aromatic nitrogens is 1. The Kier molecular flexibility index (Phi) is 5.64. The number of allylic oxidation sites excluding steroid dienone is 1. The lowest BCUT2D eigenvalue weighted by atomic mass is 9.73. The molecule has 1 aromatic heterocycles. The first kappa shape index (κ1) is 21.8. The van der Waals surface area contributed by atoms with Gasteiger partial charge in [0.2, 0.25) is 11.4 Å². The van der Waals surface area contributed by atoms with Crippen molar-refractivity contribution < 1.29 is 28.9 Å². The second-order valence-corrected chi connectivity index (χ2v) is 7.93. The second kappa shape index (κ2) is 8.27. The van der Waals surface area contributed by atoms with E-state index in [-0.39, 0.29) is 52.2 Å². The molecule has 0 radical (unpaired) electrons. The van der Waals surface area contributed by atoms with Crippen LogP contribution in [0.5, 0.6) is 17.2 Å². The highest BCUT2D eigenvalue weighted by Crippen LogP contribution is 2.54. The number of benzene rings is 1. The van der Waals surface area contributed by atoms with Crippen LogP contribution in [0.1, 0.15) is 29.4 Å². The Morgan fingerprint density at radius 1 is 1.31 bits per heavy atom. The van der Waals surface area contributed by atoms with Crippen LogP contribution in [-0.2, 0) is 11.3 Å². The number of nitrogens with zero attached hydrogens (tertiary/aromatic N) is 2. The van der Waals surface area contributed by atoms with Crippen molar-refractivity contribution in [3.63, 3.8) is 0 Å². The van der Waals surface area contributed by atoms with Gasteiger partial charge in [-0.3, -0.25) is 19.6 Å². The van der Waals surface area contributed by atoms with Gasteiger partial charge in [0, 0.05) is 30.8 Å². The van der Waals surface area contributed by atoms with Crippen molar-refractivity contribution in [2.24, 2.45) is 10.9 Å². The number of carbonyl (C=O) groups is 2. The third kappa shape index (κ3) is 3.22. The number of hydrogen-bond acceptors (Lipinski definition) is 8. The Morgan fingerprint density at radius 2 is 2.06 bits per heavy atom. The van der Waals surface area contributed by atoms with E-state index in [9.17, 15) is 14.7 Å². The minimum Gasteiger partial charge on any atom is -0.507 e. The van der Waals surface area contributed by atoms with Crippen LogP contribution in [0.2, 0.25) is 5.02 Å². The van der Waals surface area contributed by atoms with Gasteiger partial charge in [-0.2, -0.15) is 0 Å². The number of rotatable bonds is 5. The van der Waals surface area contributed by atoms with Gasteiger partial charge < -0.3 is 19.3 Å². The summed E-state index contributed by atoms with van der Waals surface area (Å²) >= 11 is 6.41. The molecule has 2 aromatic rings. The highest BCUT2D eigenvalue weighted by Gasteiger charge is 2.60. The quantitative estimate of drug-likeness (QED) is 0.682. The second-order valence-electron chi connectivity index (χ2n) is 7.55. The normalized spacial score (nSPS) is 22.4. The van der Waals surface area contributed by atoms with Crippen LogP contribution in [0.15, 0.2) is 46.8 Å². The van der Waals surface area contributed by atoms with Crippen LogP contribution in [0.4, 0.5) is 0 Å². The van der Waals surface area contributed by atoms with Crippen LogP contribution in [0.25, 0.3) is 0 Å². The molecular formula is C23H21ClN2O6. The van der Waals surface area contributed by atoms with Crippen LogP contribution < -0.4 is 14.2 Å². The van der Waals surface area contributed by atoms with Crippen molar-refractivity contribution in [2.45, 2.75) is 25.5 Å². The van der Waals surface area contributed by atoms with E-state index in [0.29, 0.717) is 5.69 Å². The summed E-state index contributed by atoms with van der Waals surface area (Å²) in [6.45, 7) is 1.87. The first-order valence-electron chi connectivity index (χ1n) is 9.90. The molecule has 1 aromatic carbocycles. The molecule has 4 rings (SSSR count). The maximum atomic E-state index is 13.6. The number of aliphatic hydroxyl groups is 1. The first-order valence-corrected chi connectivity index (χ1v) is 10.3. The molecule has 0 saturated carbocycles. The number of ketones is 2. The van der Waals surface area contributed by atoms with E-state index in [1.54, 1.807) is 25.3 Å². The zero-order valence-electron chi connectivity index (χ0n) is 17.7. The van der Waals surface area contributed by atoms with Crippen LogP contribution in [-0.4, -0.2) is 47.7 Å². The third-order valence-electron chi connectivity index (χ3n) is 5.71. The Labute approximate surface area is 189 Å². The molecule has 9 heteroatoms. The maximum absolute atomic E-state index is 13.6. The van der Waals surface area contributed by atoms with E-state index >= 15 is 0 Å². The molecular weight excluding hydrogens is 436 g/mol. The maximum Gasteiger partial charge on any atom is 0.231 e. The molecule has 166 valence electrons. The predicted octanol–water partition coefficient (Wildman–Crippen LogP) is 3.76. The summed E-state index contributed by atoms with van der Waals surface area (Å²) in [5.41, 5.74) is -1.11. The SMILES string of the molecule is COc1cc(OC)c2c(c1Cl)O[C@]1(C2=O)C(O)=C(C=NCc2ccccn2)C(=O)C[C@H]1C. The Balaban J connectivity index is 1.79. The molecule has 1 aliphatic heterocycles. The van der Waals surface area contributed by atoms with E-state index in [1.807, 2.05) is 6.07 Å². The van der Waals surface area contributed by atoms with E-state index < -0.39 is 23.1 Å². The average Bonchev–Trinajstić information content (AvgIpc) is 3.11.